The van der Waals surface area contributed by atoms with Crippen LogP contribution in [0.3, 0.4) is 0 Å². The number of rotatable bonds is 5. The van der Waals surface area contributed by atoms with Crippen molar-refractivity contribution in [2.75, 3.05) is 12.3 Å². The predicted molar refractivity (Wildman–Crippen MR) is 128 cm³/mol. The van der Waals surface area contributed by atoms with E-state index in [1.54, 1.807) is 65.8 Å². The number of nitrogens with two attached hydrogens (primary N) is 1. The molecule has 35 heavy (non-hydrogen) atoms. The number of anilines is 1. The molecule has 1 amide bonds. The number of aromatic nitrogens is 4. The molecule has 3 heterocycles. The van der Waals surface area contributed by atoms with Crippen LogP contribution in [0.5, 0.6) is 11.8 Å². The second-order valence-corrected chi connectivity index (χ2v) is 8.18. The van der Waals surface area contributed by atoms with E-state index in [0.29, 0.717) is 41.1 Å². The first kappa shape index (κ1) is 22.4. The minimum Gasteiger partial charge on any atom is -0.424 e. The molecule has 0 bridgehead atoms. The number of nitrogens with zero attached hydrogens (tertiary/aromatic N) is 5. The zero-order valence-electron chi connectivity index (χ0n) is 18.8. The van der Waals surface area contributed by atoms with Gasteiger partial charge in [0.25, 0.3) is 5.91 Å². The molecule has 0 aliphatic carbocycles. The molecule has 2 aromatic carbocycles. The molecular formula is C26H23FN6O2. The standard InChI is InChI=1S/C26H23FN6O2/c27-21-10-2-1-9-19(21)20-16-31-25(28)32-23(20)22-11-3-4-14-33(22)24(34)17-7-5-8-18(15-17)35-26-29-12-6-13-30-26/h1-2,5-10,12-13,15-16,22H,3-4,11,14H2,(H2,28,31,32)/t22-/m0/s1. The molecule has 1 fully saturated rings. The minimum atomic E-state index is -0.385. The van der Waals surface area contributed by atoms with E-state index in [4.69, 9.17) is 10.5 Å². The maximum atomic E-state index is 14.7. The van der Waals surface area contributed by atoms with E-state index in [2.05, 4.69) is 19.9 Å². The summed E-state index contributed by atoms with van der Waals surface area (Å²) in [7, 11) is 0. The van der Waals surface area contributed by atoms with Gasteiger partial charge in [-0.05, 0) is 49.6 Å². The van der Waals surface area contributed by atoms with Crippen LogP contribution in [0.1, 0.15) is 41.4 Å². The van der Waals surface area contributed by atoms with Gasteiger partial charge < -0.3 is 15.4 Å². The molecule has 0 saturated carbocycles. The lowest BCUT2D eigenvalue weighted by Crippen LogP contribution is -2.39. The van der Waals surface area contributed by atoms with Crippen molar-refractivity contribution in [1.82, 2.24) is 24.8 Å². The monoisotopic (exact) mass is 470 g/mol. The first-order valence-electron chi connectivity index (χ1n) is 11.3. The predicted octanol–water partition coefficient (Wildman–Crippen LogP) is 4.81. The molecule has 1 aliphatic rings. The number of carbonyl (C=O) groups is 1. The Bertz CT molecular complexity index is 1350. The molecule has 1 aliphatic heterocycles. The fourth-order valence-corrected chi connectivity index (χ4v) is 4.31. The molecular weight excluding hydrogens is 447 g/mol. The van der Waals surface area contributed by atoms with Gasteiger partial charge in [0, 0.05) is 41.8 Å². The summed E-state index contributed by atoms with van der Waals surface area (Å²) in [4.78, 5) is 32.1. The fourth-order valence-electron chi connectivity index (χ4n) is 4.31. The molecule has 2 N–H and O–H groups in total. The average Bonchev–Trinajstić information content (AvgIpc) is 2.89. The van der Waals surface area contributed by atoms with Crippen molar-refractivity contribution in [1.29, 1.82) is 0 Å². The normalized spacial score (nSPS) is 15.6. The van der Waals surface area contributed by atoms with E-state index in [-0.39, 0.29) is 29.7 Å². The largest absolute Gasteiger partial charge is 0.424 e. The van der Waals surface area contributed by atoms with Crippen LogP contribution in [0.2, 0.25) is 0 Å². The maximum absolute atomic E-state index is 14.7. The molecule has 2 aromatic heterocycles. The third-order valence-electron chi connectivity index (χ3n) is 5.91. The van der Waals surface area contributed by atoms with Crippen molar-refractivity contribution in [3.63, 3.8) is 0 Å². The zero-order valence-corrected chi connectivity index (χ0v) is 18.8. The summed E-state index contributed by atoms with van der Waals surface area (Å²) in [6.45, 7) is 0.539. The second-order valence-electron chi connectivity index (χ2n) is 8.18. The van der Waals surface area contributed by atoms with E-state index in [1.807, 2.05) is 0 Å². The first-order chi connectivity index (χ1) is 17.1. The van der Waals surface area contributed by atoms with Crippen molar-refractivity contribution in [2.24, 2.45) is 0 Å². The Hall–Kier alpha value is -4.40. The average molecular weight is 471 g/mol. The van der Waals surface area contributed by atoms with Crippen molar-refractivity contribution in [3.05, 3.63) is 90.3 Å². The number of amides is 1. The minimum absolute atomic E-state index is 0.0799. The Kier molecular flexibility index (Phi) is 6.30. The molecule has 9 heteroatoms. The van der Waals surface area contributed by atoms with E-state index < -0.39 is 0 Å². The van der Waals surface area contributed by atoms with E-state index in [9.17, 15) is 9.18 Å². The number of piperidine rings is 1. The van der Waals surface area contributed by atoms with Gasteiger partial charge in [-0.25, -0.2) is 24.3 Å². The molecule has 1 atom stereocenters. The summed E-state index contributed by atoms with van der Waals surface area (Å²) in [5, 5.41) is 0. The molecule has 5 rings (SSSR count). The Labute approximate surface area is 201 Å². The lowest BCUT2D eigenvalue weighted by Gasteiger charge is -2.36. The van der Waals surface area contributed by atoms with Crippen LogP contribution in [0.25, 0.3) is 11.1 Å². The summed E-state index contributed by atoms with van der Waals surface area (Å²) >= 11 is 0. The Morgan fingerprint density at radius 3 is 2.66 bits per heavy atom. The lowest BCUT2D eigenvalue weighted by atomic mass is 9.93. The Morgan fingerprint density at radius 1 is 1.00 bits per heavy atom. The summed E-state index contributed by atoms with van der Waals surface area (Å²) in [6.07, 6.45) is 7.13. The highest BCUT2D eigenvalue weighted by molar-refractivity contribution is 5.95. The van der Waals surface area contributed by atoms with Crippen LogP contribution in [-0.4, -0.2) is 37.3 Å². The molecule has 1 saturated heterocycles. The number of halogens is 1. The van der Waals surface area contributed by atoms with Gasteiger partial charge in [0.1, 0.15) is 11.6 Å². The van der Waals surface area contributed by atoms with Crippen LogP contribution in [0, 0.1) is 5.82 Å². The van der Waals surface area contributed by atoms with Crippen molar-refractivity contribution in [2.45, 2.75) is 25.3 Å². The zero-order chi connectivity index (χ0) is 24.2. The van der Waals surface area contributed by atoms with Gasteiger partial charge in [-0.3, -0.25) is 4.79 Å². The molecule has 4 aromatic rings. The smallest absolute Gasteiger partial charge is 0.321 e. The third-order valence-corrected chi connectivity index (χ3v) is 5.91. The van der Waals surface area contributed by atoms with Gasteiger partial charge in [-0.2, -0.15) is 0 Å². The number of carbonyl (C=O) groups excluding carboxylic acids is 1. The van der Waals surface area contributed by atoms with Gasteiger partial charge in [0.05, 0.1) is 11.7 Å². The third kappa shape index (κ3) is 4.79. The van der Waals surface area contributed by atoms with Gasteiger partial charge in [-0.1, -0.05) is 24.3 Å². The summed E-state index contributed by atoms with van der Waals surface area (Å²) in [5.74, 6) is -0.0279. The molecule has 0 unspecified atom stereocenters. The lowest BCUT2D eigenvalue weighted by molar-refractivity contribution is 0.0606. The highest BCUT2D eigenvalue weighted by Gasteiger charge is 2.32. The summed E-state index contributed by atoms with van der Waals surface area (Å²) in [5.41, 5.74) is 7.83. The highest BCUT2D eigenvalue weighted by Crippen LogP contribution is 2.37. The van der Waals surface area contributed by atoms with Crippen LogP contribution in [0.15, 0.2) is 73.2 Å². The number of likely N-dealkylation sites (tertiary alicyclic amines) is 1. The van der Waals surface area contributed by atoms with E-state index in [0.717, 1.165) is 12.8 Å². The quantitative estimate of drug-likeness (QED) is 0.446. The molecule has 8 nitrogen and oxygen atoms in total. The summed E-state index contributed by atoms with van der Waals surface area (Å²) < 4.78 is 20.4. The number of ether oxygens (including phenoxy) is 1. The van der Waals surface area contributed by atoms with Crippen molar-refractivity contribution in [3.8, 4) is 22.9 Å². The first-order valence-corrected chi connectivity index (χ1v) is 11.3. The maximum Gasteiger partial charge on any atom is 0.321 e. The SMILES string of the molecule is Nc1ncc(-c2ccccc2F)c([C@@H]2CCCCN2C(=O)c2cccc(Oc3ncccn3)c2)n1. The van der Waals surface area contributed by atoms with Gasteiger partial charge in [0.2, 0.25) is 5.95 Å². The topological polar surface area (TPSA) is 107 Å². The molecule has 0 radical (unpaired) electrons. The van der Waals surface area contributed by atoms with E-state index >= 15 is 0 Å². The Balaban J connectivity index is 1.49. The summed E-state index contributed by atoms with van der Waals surface area (Å²) in [6, 6.07) is 14.8. The molecule has 176 valence electrons. The number of nitrogen functional groups attached to an aromatic ring is 1. The Morgan fingerprint density at radius 2 is 1.83 bits per heavy atom. The molecule has 0 spiro atoms. The number of hydrogen-bond donors (Lipinski definition) is 1. The van der Waals surface area contributed by atoms with Crippen molar-refractivity contribution >= 4 is 11.9 Å². The second kappa shape index (κ2) is 9.84. The van der Waals surface area contributed by atoms with Crippen LogP contribution in [0.4, 0.5) is 10.3 Å². The van der Waals surface area contributed by atoms with Crippen molar-refractivity contribution < 1.29 is 13.9 Å². The van der Waals surface area contributed by atoms with Crippen LogP contribution in [-0.2, 0) is 0 Å². The van der Waals surface area contributed by atoms with Gasteiger partial charge >= 0.3 is 6.01 Å². The van der Waals surface area contributed by atoms with E-state index in [1.165, 1.54) is 12.3 Å². The van der Waals surface area contributed by atoms with Gasteiger partial charge in [-0.15, -0.1) is 0 Å². The number of hydrogen-bond acceptors (Lipinski definition) is 7. The fraction of sp³-hybridized carbons (Fsp3) is 0.192. The number of benzene rings is 2. The highest BCUT2D eigenvalue weighted by atomic mass is 19.1. The van der Waals surface area contributed by atoms with Crippen LogP contribution >= 0.6 is 0 Å². The van der Waals surface area contributed by atoms with Crippen LogP contribution < -0.4 is 10.5 Å². The van der Waals surface area contributed by atoms with Gasteiger partial charge in [0.15, 0.2) is 0 Å².